The molecular formula is C18H15BrN2O3. The van der Waals surface area contributed by atoms with Crippen molar-refractivity contribution < 1.29 is 13.9 Å². The van der Waals surface area contributed by atoms with Gasteiger partial charge in [-0.1, -0.05) is 18.2 Å². The van der Waals surface area contributed by atoms with Gasteiger partial charge in [0.1, 0.15) is 0 Å². The van der Waals surface area contributed by atoms with E-state index in [1.54, 1.807) is 12.1 Å². The Morgan fingerprint density at radius 1 is 1.12 bits per heavy atom. The maximum atomic E-state index is 12.1. The number of halogens is 1. The monoisotopic (exact) mass is 386 g/mol. The fourth-order valence-electron chi connectivity index (χ4n) is 2.13. The molecule has 0 fully saturated rings. The summed E-state index contributed by atoms with van der Waals surface area (Å²) in [6, 6.07) is 13.0. The van der Waals surface area contributed by atoms with Crippen LogP contribution in [0.25, 0.3) is 11.5 Å². The van der Waals surface area contributed by atoms with Gasteiger partial charge in [-0.2, -0.15) is 0 Å². The highest BCUT2D eigenvalue weighted by atomic mass is 79.9. The molecule has 0 unspecified atom stereocenters. The van der Waals surface area contributed by atoms with Crippen LogP contribution in [0.4, 0.5) is 0 Å². The Morgan fingerprint density at radius 3 is 2.67 bits per heavy atom. The molecule has 0 amide bonds. The lowest BCUT2D eigenvalue weighted by molar-refractivity contribution is 0.0438. The highest BCUT2D eigenvalue weighted by molar-refractivity contribution is 9.10. The summed E-state index contributed by atoms with van der Waals surface area (Å²) in [5.74, 6) is 0.205. The predicted molar refractivity (Wildman–Crippen MR) is 92.5 cm³/mol. The summed E-state index contributed by atoms with van der Waals surface area (Å²) in [7, 11) is 0. The van der Waals surface area contributed by atoms with Crippen LogP contribution in [0.3, 0.4) is 0 Å². The average Bonchev–Trinajstić information content (AvgIpc) is 3.04. The van der Waals surface area contributed by atoms with E-state index < -0.39 is 5.97 Å². The SMILES string of the molecule is Cc1ccc(C(=O)OCc2nnc(-c3ccccc3Br)o2)cc1C. The van der Waals surface area contributed by atoms with Crippen LogP contribution >= 0.6 is 15.9 Å². The van der Waals surface area contributed by atoms with Crippen LogP contribution in [0.1, 0.15) is 27.4 Å². The summed E-state index contributed by atoms with van der Waals surface area (Å²) in [6.45, 7) is 3.88. The number of carbonyl (C=O) groups is 1. The molecule has 0 bridgehead atoms. The maximum Gasteiger partial charge on any atom is 0.338 e. The van der Waals surface area contributed by atoms with Crippen molar-refractivity contribution in [1.29, 1.82) is 0 Å². The van der Waals surface area contributed by atoms with E-state index in [0.717, 1.165) is 21.2 Å². The molecule has 3 aromatic rings. The molecule has 122 valence electrons. The highest BCUT2D eigenvalue weighted by Crippen LogP contribution is 2.26. The van der Waals surface area contributed by atoms with Gasteiger partial charge in [-0.05, 0) is 65.2 Å². The third-order valence-corrected chi connectivity index (χ3v) is 4.33. The summed E-state index contributed by atoms with van der Waals surface area (Å²) < 4.78 is 11.6. The van der Waals surface area contributed by atoms with Crippen molar-refractivity contribution in [3.8, 4) is 11.5 Å². The molecule has 0 radical (unpaired) electrons. The molecular weight excluding hydrogens is 372 g/mol. The molecule has 0 N–H and O–H groups in total. The van der Waals surface area contributed by atoms with Gasteiger partial charge >= 0.3 is 5.97 Å². The molecule has 0 spiro atoms. The van der Waals surface area contributed by atoms with E-state index in [2.05, 4.69) is 26.1 Å². The topological polar surface area (TPSA) is 65.2 Å². The Balaban J connectivity index is 1.68. The molecule has 0 aliphatic heterocycles. The van der Waals surface area contributed by atoms with Gasteiger partial charge in [-0.25, -0.2) is 4.79 Å². The van der Waals surface area contributed by atoms with Crippen LogP contribution in [0.15, 0.2) is 51.4 Å². The molecule has 1 aromatic heterocycles. The largest absolute Gasteiger partial charge is 0.452 e. The number of benzene rings is 2. The molecule has 0 saturated heterocycles. The van der Waals surface area contributed by atoms with Gasteiger partial charge < -0.3 is 9.15 Å². The van der Waals surface area contributed by atoms with Crippen LogP contribution in [-0.4, -0.2) is 16.2 Å². The molecule has 2 aromatic carbocycles. The Hall–Kier alpha value is -2.47. The van der Waals surface area contributed by atoms with Crippen LogP contribution < -0.4 is 0 Å². The Labute approximate surface area is 147 Å². The second-order valence-electron chi connectivity index (χ2n) is 5.36. The fraction of sp³-hybridized carbons (Fsp3) is 0.167. The first-order chi connectivity index (χ1) is 11.5. The number of aryl methyl sites for hydroxylation is 2. The van der Waals surface area contributed by atoms with Crippen molar-refractivity contribution in [2.45, 2.75) is 20.5 Å². The van der Waals surface area contributed by atoms with E-state index in [9.17, 15) is 4.79 Å². The first kappa shape index (κ1) is 16.4. The number of nitrogens with zero attached hydrogens (tertiary/aromatic N) is 2. The van der Waals surface area contributed by atoms with Gasteiger partial charge in [0.15, 0.2) is 6.61 Å². The lowest BCUT2D eigenvalue weighted by Crippen LogP contribution is -2.06. The van der Waals surface area contributed by atoms with E-state index in [-0.39, 0.29) is 12.5 Å². The zero-order valence-corrected chi connectivity index (χ0v) is 14.8. The van der Waals surface area contributed by atoms with Crippen molar-refractivity contribution in [2.75, 3.05) is 0 Å². The Kier molecular flexibility index (Phi) is 4.76. The zero-order chi connectivity index (χ0) is 17.1. The van der Waals surface area contributed by atoms with E-state index >= 15 is 0 Å². The summed E-state index contributed by atoms with van der Waals surface area (Å²) >= 11 is 3.43. The summed E-state index contributed by atoms with van der Waals surface area (Å²) in [6.07, 6.45) is 0. The average molecular weight is 387 g/mol. The van der Waals surface area contributed by atoms with Gasteiger partial charge in [0, 0.05) is 4.47 Å². The molecule has 5 nitrogen and oxygen atoms in total. The van der Waals surface area contributed by atoms with Crippen molar-refractivity contribution in [3.63, 3.8) is 0 Å². The van der Waals surface area contributed by atoms with Gasteiger partial charge in [-0.15, -0.1) is 10.2 Å². The lowest BCUT2D eigenvalue weighted by Gasteiger charge is -2.05. The Bertz CT molecular complexity index is 889. The predicted octanol–water partition coefficient (Wildman–Crippen LogP) is 4.47. The van der Waals surface area contributed by atoms with Crippen LogP contribution in [-0.2, 0) is 11.3 Å². The number of esters is 1. The second-order valence-corrected chi connectivity index (χ2v) is 6.21. The molecule has 3 rings (SSSR count). The van der Waals surface area contributed by atoms with Crippen molar-refractivity contribution in [2.24, 2.45) is 0 Å². The maximum absolute atomic E-state index is 12.1. The third-order valence-electron chi connectivity index (χ3n) is 3.64. The number of carbonyl (C=O) groups excluding carboxylic acids is 1. The minimum atomic E-state index is -0.418. The summed E-state index contributed by atoms with van der Waals surface area (Å²) in [5, 5.41) is 7.90. The fourth-order valence-corrected chi connectivity index (χ4v) is 2.59. The number of rotatable bonds is 4. The van der Waals surface area contributed by atoms with E-state index in [1.807, 2.05) is 44.2 Å². The highest BCUT2D eigenvalue weighted by Gasteiger charge is 2.14. The first-order valence-electron chi connectivity index (χ1n) is 7.36. The first-order valence-corrected chi connectivity index (χ1v) is 8.15. The van der Waals surface area contributed by atoms with Crippen molar-refractivity contribution in [3.05, 3.63) is 69.5 Å². The molecule has 1 heterocycles. The van der Waals surface area contributed by atoms with Crippen molar-refractivity contribution in [1.82, 2.24) is 10.2 Å². The molecule has 6 heteroatoms. The molecule has 0 atom stereocenters. The van der Waals surface area contributed by atoms with E-state index in [0.29, 0.717) is 11.5 Å². The van der Waals surface area contributed by atoms with Crippen LogP contribution in [0, 0.1) is 13.8 Å². The van der Waals surface area contributed by atoms with Gasteiger partial charge in [0.05, 0.1) is 11.1 Å². The normalized spacial score (nSPS) is 10.6. The quantitative estimate of drug-likeness (QED) is 0.618. The molecule has 0 saturated carbocycles. The van der Waals surface area contributed by atoms with E-state index in [4.69, 9.17) is 9.15 Å². The second kappa shape index (κ2) is 6.97. The third kappa shape index (κ3) is 3.54. The standard InChI is InChI=1S/C18H15BrN2O3/c1-11-7-8-13(9-12(11)2)18(22)23-10-16-20-21-17(24-16)14-5-3-4-6-15(14)19/h3-9H,10H2,1-2H3. The molecule has 0 aliphatic rings. The van der Waals surface area contributed by atoms with Crippen LogP contribution in [0.5, 0.6) is 0 Å². The van der Waals surface area contributed by atoms with E-state index in [1.165, 1.54) is 0 Å². The minimum Gasteiger partial charge on any atom is -0.452 e. The zero-order valence-electron chi connectivity index (χ0n) is 13.2. The number of ether oxygens (including phenoxy) is 1. The lowest BCUT2D eigenvalue weighted by atomic mass is 10.1. The minimum absolute atomic E-state index is 0.0663. The summed E-state index contributed by atoms with van der Waals surface area (Å²) in [5.41, 5.74) is 3.46. The van der Waals surface area contributed by atoms with Gasteiger partial charge in [-0.3, -0.25) is 0 Å². The summed E-state index contributed by atoms with van der Waals surface area (Å²) in [4.78, 5) is 12.1. The van der Waals surface area contributed by atoms with Gasteiger partial charge in [0.2, 0.25) is 5.89 Å². The van der Waals surface area contributed by atoms with Crippen LogP contribution in [0.2, 0.25) is 0 Å². The Morgan fingerprint density at radius 2 is 1.92 bits per heavy atom. The van der Waals surface area contributed by atoms with Crippen molar-refractivity contribution >= 4 is 21.9 Å². The molecule has 0 aliphatic carbocycles. The number of hydrogen-bond acceptors (Lipinski definition) is 5. The number of hydrogen-bond donors (Lipinski definition) is 0. The molecule has 24 heavy (non-hydrogen) atoms. The smallest absolute Gasteiger partial charge is 0.338 e. The number of aromatic nitrogens is 2. The van der Waals surface area contributed by atoms with Gasteiger partial charge in [0.25, 0.3) is 5.89 Å².